The molecule has 0 aliphatic heterocycles. The number of halogens is 2. The van der Waals surface area contributed by atoms with Gasteiger partial charge in [0.15, 0.2) is 5.82 Å². The fourth-order valence-electron chi connectivity index (χ4n) is 1.85. The Morgan fingerprint density at radius 3 is 3.00 bits per heavy atom. The number of carbonyl (C=O) groups is 1. The molecular formula is C12H12ClFN4O2. The molecule has 6 nitrogen and oxygen atoms in total. The maximum atomic E-state index is 13.4. The van der Waals surface area contributed by atoms with Crippen LogP contribution >= 0.6 is 11.6 Å². The van der Waals surface area contributed by atoms with Crippen LogP contribution in [0.5, 0.6) is 0 Å². The van der Waals surface area contributed by atoms with E-state index in [2.05, 4.69) is 15.5 Å². The van der Waals surface area contributed by atoms with Crippen molar-refractivity contribution >= 4 is 17.6 Å². The summed E-state index contributed by atoms with van der Waals surface area (Å²) in [6, 6.07) is 4.36. The Hall–Kier alpha value is -2.02. The highest BCUT2D eigenvalue weighted by Crippen LogP contribution is 2.28. The van der Waals surface area contributed by atoms with E-state index in [9.17, 15) is 9.18 Å². The third-order valence-electron chi connectivity index (χ3n) is 2.73. The summed E-state index contributed by atoms with van der Waals surface area (Å²) in [6.07, 6.45) is -0.00379. The summed E-state index contributed by atoms with van der Waals surface area (Å²) in [5.74, 6) is -1.30. The predicted molar refractivity (Wildman–Crippen MR) is 69.6 cm³/mol. The van der Waals surface area contributed by atoms with Crippen molar-refractivity contribution in [2.75, 3.05) is 0 Å². The third-order valence-corrected chi connectivity index (χ3v) is 3.12. The van der Waals surface area contributed by atoms with Gasteiger partial charge in [0, 0.05) is 18.5 Å². The highest BCUT2D eigenvalue weighted by atomic mass is 35.5. The molecule has 0 fully saturated rings. The Bertz CT molecular complexity index is 632. The van der Waals surface area contributed by atoms with Gasteiger partial charge in [-0.3, -0.25) is 4.79 Å². The summed E-state index contributed by atoms with van der Waals surface area (Å²) in [5.41, 5.74) is 0.374. The van der Waals surface area contributed by atoms with Crippen LogP contribution in [-0.4, -0.2) is 31.3 Å². The minimum absolute atomic E-state index is 0.00379. The average molecular weight is 299 g/mol. The Morgan fingerprint density at radius 2 is 2.30 bits per heavy atom. The molecule has 0 amide bonds. The van der Waals surface area contributed by atoms with E-state index in [4.69, 9.17) is 16.7 Å². The van der Waals surface area contributed by atoms with Crippen LogP contribution in [0.25, 0.3) is 11.4 Å². The molecule has 20 heavy (non-hydrogen) atoms. The van der Waals surface area contributed by atoms with Gasteiger partial charge >= 0.3 is 5.97 Å². The molecule has 1 unspecified atom stereocenters. The van der Waals surface area contributed by atoms with Crippen molar-refractivity contribution in [1.29, 1.82) is 0 Å². The SMILES string of the molecule is CC(CC(=O)O)Cn1nnnc1-c1cccc(F)c1Cl. The summed E-state index contributed by atoms with van der Waals surface area (Å²) >= 11 is 5.90. The third kappa shape index (κ3) is 3.11. The molecule has 1 aromatic carbocycles. The van der Waals surface area contributed by atoms with Crippen LogP contribution in [0, 0.1) is 11.7 Å². The van der Waals surface area contributed by atoms with Crippen LogP contribution in [-0.2, 0) is 11.3 Å². The van der Waals surface area contributed by atoms with E-state index in [1.54, 1.807) is 13.0 Å². The van der Waals surface area contributed by atoms with Crippen LogP contribution < -0.4 is 0 Å². The van der Waals surface area contributed by atoms with Gasteiger partial charge in [-0.05, 0) is 28.5 Å². The topological polar surface area (TPSA) is 80.9 Å². The second kappa shape index (κ2) is 5.96. The normalized spacial score (nSPS) is 12.3. The number of aromatic nitrogens is 4. The smallest absolute Gasteiger partial charge is 0.303 e. The molecule has 2 rings (SSSR count). The van der Waals surface area contributed by atoms with Crippen molar-refractivity contribution in [3.05, 3.63) is 29.0 Å². The lowest BCUT2D eigenvalue weighted by Crippen LogP contribution is -2.14. The minimum atomic E-state index is -0.893. The van der Waals surface area contributed by atoms with Gasteiger partial charge in [-0.2, -0.15) is 0 Å². The van der Waals surface area contributed by atoms with Crippen molar-refractivity contribution in [3.8, 4) is 11.4 Å². The van der Waals surface area contributed by atoms with Gasteiger partial charge in [-0.25, -0.2) is 9.07 Å². The Balaban J connectivity index is 2.29. The number of rotatable bonds is 5. The van der Waals surface area contributed by atoms with Crippen molar-refractivity contribution in [1.82, 2.24) is 20.2 Å². The lowest BCUT2D eigenvalue weighted by molar-refractivity contribution is -0.138. The molecule has 0 aliphatic carbocycles. The van der Waals surface area contributed by atoms with Crippen LogP contribution in [0.4, 0.5) is 4.39 Å². The Morgan fingerprint density at radius 1 is 1.55 bits per heavy atom. The molecule has 0 saturated heterocycles. The molecular weight excluding hydrogens is 287 g/mol. The second-order valence-corrected chi connectivity index (χ2v) is 4.87. The quantitative estimate of drug-likeness (QED) is 0.915. The molecule has 1 N–H and O–H groups in total. The molecule has 1 atom stereocenters. The molecule has 8 heteroatoms. The van der Waals surface area contributed by atoms with Gasteiger partial charge in [0.2, 0.25) is 0 Å². The van der Waals surface area contributed by atoms with E-state index >= 15 is 0 Å². The molecule has 0 radical (unpaired) electrons. The number of nitrogens with zero attached hydrogens (tertiary/aromatic N) is 4. The van der Waals surface area contributed by atoms with Crippen LogP contribution in [0.1, 0.15) is 13.3 Å². The first kappa shape index (κ1) is 14.4. The zero-order valence-electron chi connectivity index (χ0n) is 10.6. The lowest BCUT2D eigenvalue weighted by Gasteiger charge is -2.10. The van der Waals surface area contributed by atoms with Gasteiger partial charge < -0.3 is 5.11 Å². The largest absolute Gasteiger partial charge is 0.481 e. The summed E-state index contributed by atoms with van der Waals surface area (Å²) in [6.45, 7) is 2.08. The number of carboxylic acid groups (broad SMARTS) is 1. The van der Waals surface area contributed by atoms with Crippen molar-refractivity contribution in [3.63, 3.8) is 0 Å². The number of carboxylic acids is 1. The van der Waals surface area contributed by atoms with Crippen LogP contribution in [0.3, 0.4) is 0 Å². The molecule has 1 aromatic heterocycles. The zero-order valence-corrected chi connectivity index (χ0v) is 11.4. The predicted octanol–water partition coefficient (Wildman–Crippen LogP) is 2.24. The second-order valence-electron chi connectivity index (χ2n) is 4.49. The molecule has 1 heterocycles. The van der Waals surface area contributed by atoms with Gasteiger partial charge in [0.1, 0.15) is 5.82 Å². The first-order valence-electron chi connectivity index (χ1n) is 5.91. The van der Waals surface area contributed by atoms with E-state index in [1.165, 1.54) is 16.8 Å². The Labute approximate surface area is 119 Å². The minimum Gasteiger partial charge on any atom is -0.481 e. The molecule has 0 aliphatic rings. The van der Waals surface area contributed by atoms with E-state index in [0.29, 0.717) is 17.9 Å². The highest BCUT2D eigenvalue weighted by Gasteiger charge is 2.17. The Kier molecular flexibility index (Phi) is 4.29. The standard InChI is InChI=1S/C12H12ClFN4O2/c1-7(5-10(19)20)6-18-12(15-16-17-18)8-3-2-4-9(14)11(8)13/h2-4,7H,5-6H2,1H3,(H,19,20). The summed E-state index contributed by atoms with van der Waals surface area (Å²) < 4.78 is 14.9. The van der Waals surface area contributed by atoms with E-state index < -0.39 is 11.8 Å². The van der Waals surface area contributed by atoms with Crippen molar-refractivity contribution in [2.24, 2.45) is 5.92 Å². The maximum Gasteiger partial charge on any atom is 0.303 e. The first-order valence-corrected chi connectivity index (χ1v) is 6.29. The highest BCUT2D eigenvalue weighted by molar-refractivity contribution is 6.33. The van der Waals surface area contributed by atoms with Crippen molar-refractivity contribution < 1.29 is 14.3 Å². The van der Waals surface area contributed by atoms with Crippen LogP contribution in [0.2, 0.25) is 5.02 Å². The van der Waals surface area contributed by atoms with Gasteiger partial charge in [0.25, 0.3) is 0 Å². The van der Waals surface area contributed by atoms with E-state index in [0.717, 1.165) is 0 Å². The summed E-state index contributed by atoms with van der Waals surface area (Å²) in [5, 5.41) is 19.8. The van der Waals surface area contributed by atoms with Crippen LogP contribution in [0.15, 0.2) is 18.2 Å². The van der Waals surface area contributed by atoms with E-state index in [-0.39, 0.29) is 17.4 Å². The molecule has 106 valence electrons. The first-order chi connectivity index (χ1) is 9.49. The number of hydrogen-bond acceptors (Lipinski definition) is 4. The number of tetrazole rings is 1. The average Bonchev–Trinajstić information content (AvgIpc) is 2.79. The zero-order chi connectivity index (χ0) is 14.7. The van der Waals surface area contributed by atoms with Crippen molar-refractivity contribution in [2.45, 2.75) is 19.9 Å². The van der Waals surface area contributed by atoms with Gasteiger partial charge in [0.05, 0.1) is 5.02 Å². The van der Waals surface area contributed by atoms with Gasteiger partial charge in [-0.15, -0.1) is 5.10 Å². The monoisotopic (exact) mass is 298 g/mol. The summed E-state index contributed by atoms with van der Waals surface area (Å²) in [7, 11) is 0. The number of hydrogen-bond donors (Lipinski definition) is 1. The lowest BCUT2D eigenvalue weighted by atomic mass is 10.1. The fraction of sp³-hybridized carbons (Fsp3) is 0.333. The maximum absolute atomic E-state index is 13.4. The summed E-state index contributed by atoms with van der Waals surface area (Å²) in [4.78, 5) is 10.7. The van der Waals surface area contributed by atoms with E-state index in [1.807, 2.05) is 0 Å². The molecule has 2 aromatic rings. The van der Waals surface area contributed by atoms with Gasteiger partial charge in [-0.1, -0.05) is 24.6 Å². The molecule has 0 bridgehead atoms. The number of aliphatic carboxylic acids is 1. The number of benzene rings is 1. The molecule has 0 saturated carbocycles. The molecule has 0 spiro atoms. The fourth-order valence-corrected chi connectivity index (χ4v) is 2.07.